The lowest BCUT2D eigenvalue weighted by atomic mass is 9.72. The van der Waals surface area contributed by atoms with Gasteiger partial charge in [-0.1, -0.05) is 51.1 Å². The van der Waals surface area contributed by atoms with Crippen molar-refractivity contribution in [3.05, 3.63) is 60.2 Å². The highest BCUT2D eigenvalue weighted by Crippen LogP contribution is 2.42. The van der Waals surface area contributed by atoms with E-state index in [0.29, 0.717) is 25.0 Å². The molecule has 0 radical (unpaired) electrons. The van der Waals surface area contributed by atoms with Crippen LogP contribution in [-0.2, 0) is 19.9 Å². The molecule has 0 spiro atoms. The van der Waals surface area contributed by atoms with Crippen LogP contribution in [0.2, 0.25) is 0 Å². The standard InChI is InChI=1S/C27H36O5/c1-7-26(6,24(30)31-22-17-15-21(28)16-18-22)19-25(4,5)23(29)32-27(8-2,9-3)20-13-11-10-12-14-20/h10-18,28H,7-9,19H2,1-6H3. The predicted octanol–water partition coefficient (Wildman–Crippen LogP) is 6.39. The van der Waals surface area contributed by atoms with Gasteiger partial charge in [0.05, 0.1) is 10.8 Å². The topological polar surface area (TPSA) is 72.8 Å². The van der Waals surface area contributed by atoms with E-state index in [1.54, 1.807) is 12.1 Å². The SMILES string of the molecule is CCC(C)(CC(C)(C)C(=O)OC(CC)(CC)c1ccccc1)C(=O)Oc1ccc(O)cc1. The number of phenolic OH excluding ortho intramolecular Hbond substituents is 1. The molecule has 0 bridgehead atoms. The third-order valence-corrected chi connectivity index (χ3v) is 6.44. The monoisotopic (exact) mass is 440 g/mol. The van der Waals surface area contributed by atoms with Crippen LogP contribution < -0.4 is 4.74 Å². The van der Waals surface area contributed by atoms with Crippen molar-refractivity contribution in [3.63, 3.8) is 0 Å². The highest BCUT2D eigenvalue weighted by molar-refractivity contribution is 5.82. The molecule has 5 heteroatoms. The summed E-state index contributed by atoms with van der Waals surface area (Å²) >= 11 is 0. The molecule has 0 fully saturated rings. The van der Waals surface area contributed by atoms with E-state index in [2.05, 4.69) is 0 Å². The van der Waals surface area contributed by atoms with Crippen molar-refractivity contribution in [1.29, 1.82) is 0 Å². The van der Waals surface area contributed by atoms with Gasteiger partial charge >= 0.3 is 11.9 Å². The fourth-order valence-electron chi connectivity index (χ4n) is 4.05. The molecule has 2 aromatic rings. The molecule has 0 aromatic heterocycles. The van der Waals surface area contributed by atoms with E-state index in [4.69, 9.17) is 9.47 Å². The Morgan fingerprint density at radius 3 is 1.88 bits per heavy atom. The van der Waals surface area contributed by atoms with E-state index in [1.165, 1.54) is 12.1 Å². The van der Waals surface area contributed by atoms with Gasteiger partial charge in [-0.2, -0.15) is 0 Å². The van der Waals surface area contributed by atoms with Gasteiger partial charge in [-0.25, -0.2) is 0 Å². The molecule has 0 saturated heterocycles. The van der Waals surface area contributed by atoms with Crippen LogP contribution in [0.5, 0.6) is 11.5 Å². The molecule has 0 amide bonds. The van der Waals surface area contributed by atoms with Crippen LogP contribution >= 0.6 is 0 Å². The summed E-state index contributed by atoms with van der Waals surface area (Å²) in [5, 5.41) is 9.43. The van der Waals surface area contributed by atoms with Gasteiger partial charge in [-0.15, -0.1) is 0 Å². The molecular weight excluding hydrogens is 404 g/mol. The van der Waals surface area contributed by atoms with Crippen LogP contribution in [0.25, 0.3) is 0 Å². The summed E-state index contributed by atoms with van der Waals surface area (Å²) in [6.45, 7) is 11.4. The summed E-state index contributed by atoms with van der Waals surface area (Å²) in [6.07, 6.45) is 2.10. The number of benzene rings is 2. The highest BCUT2D eigenvalue weighted by atomic mass is 16.6. The maximum absolute atomic E-state index is 13.4. The fraction of sp³-hybridized carbons (Fsp3) is 0.481. The second-order valence-electron chi connectivity index (χ2n) is 9.32. The minimum absolute atomic E-state index is 0.0979. The Morgan fingerprint density at radius 2 is 1.38 bits per heavy atom. The molecule has 0 saturated carbocycles. The van der Waals surface area contributed by atoms with Crippen molar-refractivity contribution < 1.29 is 24.2 Å². The summed E-state index contributed by atoms with van der Waals surface area (Å²) in [5.41, 5.74) is -1.51. The first-order valence-corrected chi connectivity index (χ1v) is 11.3. The van der Waals surface area contributed by atoms with Gasteiger partial charge in [0.15, 0.2) is 0 Å². The second-order valence-corrected chi connectivity index (χ2v) is 9.32. The number of carbonyl (C=O) groups is 2. The summed E-state index contributed by atoms with van der Waals surface area (Å²) in [4.78, 5) is 26.4. The van der Waals surface area contributed by atoms with Crippen LogP contribution in [0.15, 0.2) is 54.6 Å². The van der Waals surface area contributed by atoms with Gasteiger partial charge in [0.1, 0.15) is 17.1 Å². The van der Waals surface area contributed by atoms with Crippen molar-refractivity contribution in [2.24, 2.45) is 10.8 Å². The Kier molecular flexibility index (Phi) is 8.11. The van der Waals surface area contributed by atoms with Crippen LogP contribution in [0.3, 0.4) is 0 Å². The Balaban J connectivity index is 2.21. The maximum atomic E-state index is 13.4. The van der Waals surface area contributed by atoms with Crippen LogP contribution in [-0.4, -0.2) is 17.0 Å². The molecule has 0 aliphatic heterocycles. The van der Waals surface area contributed by atoms with Crippen molar-refractivity contribution >= 4 is 11.9 Å². The minimum atomic E-state index is -0.900. The average Bonchev–Trinajstić information content (AvgIpc) is 2.79. The van der Waals surface area contributed by atoms with E-state index in [9.17, 15) is 14.7 Å². The third-order valence-electron chi connectivity index (χ3n) is 6.44. The van der Waals surface area contributed by atoms with Crippen molar-refractivity contribution in [1.82, 2.24) is 0 Å². The lowest BCUT2D eigenvalue weighted by Gasteiger charge is -2.38. The molecule has 174 valence electrons. The van der Waals surface area contributed by atoms with Crippen molar-refractivity contribution in [2.45, 2.75) is 72.8 Å². The molecule has 2 aromatic carbocycles. The van der Waals surface area contributed by atoms with Gasteiger partial charge in [0.2, 0.25) is 0 Å². The lowest BCUT2D eigenvalue weighted by molar-refractivity contribution is -0.176. The third kappa shape index (κ3) is 5.70. The van der Waals surface area contributed by atoms with E-state index in [1.807, 2.05) is 71.9 Å². The van der Waals surface area contributed by atoms with E-state index < -0.39 is 22.4 Å². The Hall–Kier alpha value is -2.82. The first-order chi connectivity index (χ1) is 15.0. The number of ether oxygens (including phenoxy) is 2. The number of hydrogen-bond donors (Lipinski definition) is 1. The summed E-state index contributed by atoms with van der Waals surface area (Å²) in [5.74, 6) is -0.289. The Labute approximate surface area is 191 Å². The molecule has 0 aliphatic carbocycles. The highest BCUT2D eigenvalue weighted by Gasteiger charge is 2.45. The van der Waals surface area contributed by atoms with Gasteiger partial charge in [0.25, 0.3) is 0 Å². The Bertz CT molecular complexity index is 897. The van der Waals surface area contributed by atoms with E-state index in [-0.39, 0.29) is 18.1 Å². The molecule has 0 aliphatic rings. The number of rotatable bonds is 10. The van der Waals surface area contributed by atoms with Crippen LogP contribution in [0, 0.1) is 10.8 Å². The van der Waals surface area contributed by atoms with Crippen molar-refractivity contribution in [2.75, 3.05) is 0 Å². The molecule has 2 rings (SSSR count). The number of carbonyl (C=O) groups excluding carboxylic acids is 2. The van der Waals surface area contributed by atoms with Crippen LogP contribution in [0.4, 0.5) is 0 Å². The summed E-state index contributed by atoms with van der Waals surface area (Å²) < 4.78 is 11.7. The molecular formula is C27H36O5. The average molecular weight is 441 g/mol. The van der Waals surface area contributed by atoms with Crippen LogP contribution in [0.1, 0.15) is 72.8 Å². The Morgan fingerprint density at radius 1 is 0.812 bits per heavy atom. The molecule has 0 heterocycles. The number of aromatic hydroxyl groups is 1. The number of phenols is 1. The van der Waals surface area contributed by atoms with Gasteiger partial charge in [-0.3, -0.25) is 9.59 Å². The normalized spacial score (nSPS) is 13.8. The zero-order valence-electron chi connectivity index (χ0n) is 20.1. The summed E-state index contributed by atoms with van der Waals surface area (Å²) in [6, 6.07) is 15.8. The van der Waals surface area contributed by atoms with Gasteiger partial charge in [-0.05, 0) is 76.3 Å². The number of hydrogen-bond acceptors (Lipinski definition) is 5. The van der Waals surface area contributed by atoms with Crippen molar-refractivity contribution in [3.8, 4) is 11.5 Å². The number of esters is 2. The second kappa shape index (κ2) is 10.2. The fourth-order valence-corrected chi connectivity index (χ4v) is 4.05. The minimum Gasteiger partial charge on any atom is -0.508 e. The zero-order chi connectivity index (χ0) is 24.0. The first-order valence-electron chi connectivity index (χ1n) is 11.3. The summed E-state index contributed by atoms with van der Waals surface area (Å²) in [7, 11) is 0. The maximum Gasteiger partial charge on any atom is 0.317 e. The first kappa shape index (κ1) is 25.4. The van der Waals surface area contributed by atoms with E-state index >= 15 is 0 Å². The van der Waals surface area contributed by atoms with E-state index in [0.717, 1.165) is 5.56 Å². The lowest BCUT2D eigenvalue weighted by Crippen LogP contribution is -2.42. The van der Waals surface area contributed by atoms with Gasteiger partial charge < -0.3 is 14.6 Å². The quantitative estimate of drug-likeness (QED) is 0.342. The molecule has 32 heavy (non-hydrogen) atoms. The van der Waals surface area contributed by atoms with Gasteiger partial charge in [0, 0.05) is 0 Å². The predicted molar refractivity (Wildman–Crippen MR) is 125 cm³/mol. The molecule has 1 atom stereocenters. The smallest absolute Gasteiger partial charge is 0.317 e. The molecule has 1 unspecified atom stereocenters. The molecule has 1 N–H and O–H groups in total. The molecule has 5 nitrogen and oxygen atoms in total. The largest absolute Gasteiger partial charge is 0.508 e. The zero-order valence-corrected chi connectivity index (χ0v) is 20.1.